The first-order valence-electron chi connectivity index (χ1n) is 7.87. The number of aromatic nitrogens is 3. The minimum atomic E-state index is -0.209. The number of benzene rings is 1. The second-order valence-electron chi connectivity index (χ2n) is 5.21. The standard InChI is InChI=1S/C18H18N6O/c25-17(21-10-9-20-16-7-4-8-19-13-16)14-11-22-18(23-12-14)24-15-5-2-1-3-6-15/h1-8,11-13,20H,9-10H2,(H,21,25)(H,22,23,24). The van der Waals surface area contributed by atoms with Crippen LogP contribution in [0.3, 0.4) is 0 Å². The van der Waals surface area contributed by atoms with Crippen LogP contribution < -0.4 is 16.0 Å². The summed E-state index contributed by atoms with van der Waals surface area (Å²) in [6, 6.07) is 13.4. The molecule has 0 fully saturated rings. The van der Waals surface area contributed by atoms with Crippen LogP contribution in [0.4, 0.5) is 17.3 Å². The van der Waals surface area contributed by atoms with E-state index < -0.39 is 0 Å². The predicted molar refractivity (Wildman–Crippen MR) is 96.8 cm³/mol. The van der Waals surface area contributed by atoms with Gasteiger partial charge in [-0.25, -0.2) is 9.97 Å². The zero-order valence-corrected chi connectivity index (χ0v) is 13.5. The number of amides is 1. The van der Waals surface area contributed by atoms with Crippen molar-refractivity contribution in [2.24, 2.45) is 0 Å². The van der Waals surface area contributed by atoms with E-state index in [1.54, 1.807) is 12.4 Å². The van der Waals surface area contributed by atoms with Crippen LogP contribution in [0.25, 0.3) is 0 Å². The van der Waals surface area contributed by atoms with Crippen molar-refractivity contribution in [3.8, 4) is 0 Å². The normalized spacial score (nSPS) is 10.1. The number of rotatable bonds is 7. The summed E-state index contributed by atoms with van der Waals surface area (Å²) < 4.78 is 0. The van der Waals surface area contributed by atoms with Crippen LogP contribution in [0.15, 0.2) is 67.3 Å². The van der Waals surface area contributed by atoms with Gasteiger partial charge in [-0.3, -0.25) is 9.78 Å². The fourth-order valence-corrected chi connectivity index (χ4v) is 2.11. The molecule has 25 heavy (non-hydrogen) atoms. The van der Waals surface area contributed by atoms with Gasteiger partial charge in [0.05, 0.1) is 11.3 Å². The van der Waals surface area contributed by atoms with Crippen molar-refractivity contribution >= 4 is 23.2 Å². The second-order valence-corrected chi connectivity index (χ2v) is 5.21. The minimum Gasteiger partial charge on any atom is -0.382 e. The lowest BCUT2D eigenvalue weighted by atomic mass is 10.3. The summed E-state index contributed by atoms with van der Waals surface area (Å²) in [5.74, 6) is 0.236. The van der Waals surface area contributed by atoms with Crippen molar-refractivity contribution in [3.05, 3.63) is 72.8 Å². The molecular weight excluding hydrogens is 316 g/mol. The van der Waals surface area contributed by atoms with Gasteiger partial charge in [-0.2, -0.15) is 0 Å². The number of hydrogen-bond acceptors (Lipinski definition) is 6. The molecule has 3 rings (SSSR count). The molecule has 0 bridgehead atoms. The van der Waals surface area contributed by atoms with Gasteiger partial charge in [0.25, 0.3) is 5.91 Å². The summed E-state index contributed by atoms with van der Waals surface area (Å²) >= 11 is 0. The molecule has 0 unspecified atom stereocenters. The van der Waals surface area contributed by atoms with Gasteiger partial charge < -0.3 is 16.0 Å². The Labute approximate surface area is 145 Å². The van der Waals surface area contributed by atoms with E-state index in [0.29, 0.717) is 24.6 Å². The highest BCUT2D eigenvalue weighted by atomic mass is 16.1. The highest BCUT2D eigenvalue weighted by Gasteiger charge is 2.06. The molecule has 0 aliphatic heterocycles. The Morgan fingerprint density at radius 3 is 2.36 bits per heavy atom. The highest BCUT2D eigenvalue weighted by Crippen LogP contribution is 2.11. The van der Waals surface area contributed by atoms with Crippen LogP contribution in [-0.4, -0.2) is 33.9 Å². The fraction of sp³-hybridized carbons (Fsp3) is 0.111. The molecule has 0 radical (unpaired) electrons. The van der Waals surface area contributed by atoms with Gasteiger partial charge in [-0.05, 0) is 24.3 Å². The third kappa shape index (κ3) is 5.00. The zero-order chi connectivity index (χ0) is 17.3. The Bertz CT molecular complexity index is 793. The molecule has 0 aliphatic carbocycles. The molecule has 3 aromatic rings. The Morgan fingerprint density at radius 1 is 0.880 bits per heavy atom. The molecule has 1 aromatic carbocycles. The number of nitrogens with zero attached hydrogens (tertiary/aromatic N) is 3. The van der Waals surface area contributed by atoms with Crippen molar-refractivity contribution < 1.29 is 4.79 Å². The topological polar surface area (TPSA) is 91.8 Å². The quantitative estimate of drug-likeness (QED) is 0.575. The van der Waals surface area contributed by atoms with Crippen molar-refractivity contribution in [2.75, 3.05) is 23.7 Å². The average molecular weight is 334 g/mol. The molecule has 7 heteroatoms. The lowest BCUT2D eigenvalue weighted by molar-refractivity contribution is 0.0954. The number of hydrogen-bond donors (Lipinski definition) is 3. The van der Waals surface area contributed by atoms with E-state index in [1.165, 1.54) is 12.4 Å². The van der Waals surface area contributed by atoms with E-state index in [4.69, 9.17) is 0 Å². The van der Waals surface area contributed by atoms with Crippen LogP contribution in [0.5, 0.6) is 0 Å². The van der Waals surface area contributed by atoms with E-state index in [9.17, 15) is 4.79 Å². The third-order valence-electron chi connectivity index (χ3n) is 3.35. The summed E-state index contributed by atoms with van der Waals surface area (Å²) in [6.07, 6.45) is 6.45. The molecule has 126 valence electrons. The maximum Gasteiger partial charge on any atom is 0.254 e. The molecule has 0 atom stereocenters. The molecule has 0 aliphatic rings. The molecule has 1 amide bonds. The summed E-state index contributed by atoms with van der Waals surface area (Å²) in [6.45, 7) is 1.09. The zero-order valence-electron chi connectivity index (χ0n) is 13.5. The number of nitrogens with one attached hydrogen (secondary N) is 3. The highest BCUT2D eigenvalue weighted by molar-refractivity contribution is 5.93. The molecule has 0 saturated heterocycles. The lowest BCUT2D eigenvalue weighted by Gasteiger charge is -2.08. The Morgan fingerprint density at radius 2 is 1.64 bits per heavy atom. The number of carbonyl (C=O) groups is 1. The summed E-state index contributed by atoms with van der Waals surface area (Å²) in [7, 11) is 0. The van der Waals surface area contributed by atoms with Crippen LogP contribution in [-0.2, 0) is 0 Å². The largest absolute Gasteiger partial charge is 0.382 e. The Kier molecular flexibility index (Phi) is 5.50. The van der Waals surface area contributed by atoms with Crippen molar-refractivity contribution in [2.45, 2.75) is 0 Å². The number of anilines is 3. The second kappa shape index (κ2) is 8.39. The number of carbonyl (C=O) groups excluding carboxylic acids is 1. The van der Waals surface area contributed by atoms with Gasteiger partial charge in [-0.15, -0.1) is 0 Å². The molecular formula is C18H18N6O. The van der Waals surface area contributed by atoms with Crippen molar-refractivity contribution in [1.29, 1.82) is 0 Å². The van der Waals surface area contributed by atoms with Gasteiger partial charge >= 0.3 is 0 Å². The first-order chi connectivity index (χ1) is 12.3. The van der Waals surface area contributed by atoms with Gasteiger partial charge in [0.15, 0.2) is 0 Å². The molecule has 0 saturated carbocycles. The van der Waals surface area contributed by atoms with Gasteiger partial charge in [0.1, 0.15) is 0 Å². The average Bonchev–Trinajstić information content (AvgIpc) is 2.67. The first-order valence-corrected chi connectivity index (χ1v) is 7.87. The maximum absolute atomic E-state index is 12.1. The van der Waals surface area contributed by atoms with E-state index in [1.807, 2.05) is 42.5 Å². The SMILES string of the molecule is O=C(NCCNc1cccnc1)c1cnc(Nc2ccccc2)nc1. The fourth-order valence-electron chi connectivity index (χ4n) is 2.11. The third-order valence-corrected chi connectivity index (χ3v) is 3.35. The molecule has 2 heterocycles. The van der Waals surface area contributed by atoms with Gasteiger partial charge in [0.2, 0.25) is 5.95 Å². The molecule has 2 aromatic heterocycles. The van der Waals surface area contributed by atoms with E-state index in [-0.39, 0.29) is 5.91 Å². The Balaban J connectivity index is 1.46. The van der Waals surface area contributed by atoms with Crippen molar-refractivity contribution in [3.63, 3.8) is 0 Å². The van der Waals surface area contributed by atoms with Gasteiger partial charge in [0, 0.05) is 43.6 Å². The van der Waals surface area contributed by atoms with Crippen LogP contribution in [0, 0.1) is 0 Å². The van der Waals surface area contributed by atoms with Crippen LogP contribution >= 0.6 is 0 Å². The van der Waals surface area contributed by atoms with Crippen LogP contribution in [0.2, 0.25) is 0 Å². The Hall–Kier alpha value is -3.48. The molecule has 3 N–H and O–H groups in total. The van der Waals surface area contributed by atoms with E-state index in [2.05, 4.69) is 30.9 Å². The van der Waals surface area contributed by atoms with E-state index in [0.717, 1.165) is 11.4 Å². The first kappa shape index (κ1) is 16.4. The molecule has 0 spiro atoms. The lowest BCUT2D eigenvalue weighted by Crippen LogP contribution is -2.29. The number of para-hydroxylation sites is 1. The summed E-state index contributed by atoms with van der Waals surface area (Å²) in [4.78, 5) is 24.4. The molecule has 7 nitrogen and oxygen atoms in total. The number of pyridine rings is 1. The predicted octanol–water partition coefficient (Wildman–Crippen LogP) is 2.46. The maximum atomic E-state index is 12.1. The smallest absolute Gasteiger partial charge is 0.254 e. The van der Waals surface area contributed by atoms with Crippen LogP contribution in [0.1, 0.15) is 10.4 Å². The summed E-state index contributed by atoms with van der Waals surface area (Å²) in [5.41, 5.74) is 2.22. The monoisotopic (exact) mass is 334 g/mol. The summed E-state index contributed by atoms with van der Waals surface area (Å²) in [5, 5.41) is 9.06. The van der Waals surface area contributed by atoms with Crippen molar-refractivity contribution in [1.82, 2.24) is 20.3 Å². The van der Waals surface area contributed by atoms with E-state index >= 15 is 0 Å². The van der Waals surface area contributed by atoms with Gasteiger partial charge in [-0.1, -0.05) is 18.2 Å². The minimum absolute atomic E-state index is 0.209.